The van der Waals surface area contributed by atoms with E-state index in [-0.39, 0.29) is 5.91 Å². The fourth-order valence-corrected chi connectivity index (χ4v) is 2.36. The average Bonchev–Trinajstić information content (AvgIpc) is 2.61. The van der Waals surface area contributed by atoms with E-state index in [0.717, 1.165) is 18.8 Å². The van der Waals surface area contributed by atoms with Gasteiger partial charge in [-0.1, -0.05) is 38.8 Å². The summed E-state index contributed by atoms with van der Waals surface area (Å²) in [5.41, 5.74) is 1.46. The summed E-state index contributed by atoms with van der Waals surface area (Å²) in [5, 5.41) is 3.19. The van der Waals surface area contributed by atoms with Gasteiger partial charge in [0.15, 0.2) is 0 Å². The van der Waals surface area contributed by atoms with Gasteiger partial charge in [0.05, 0.1) is 0 Å². The van der Waals surface area contributed by atoms with Crippen molar-refractivity contribution in [1.29, 1.82) is 0 Å². The number of amides is 1. The van der Waals surface area contributed by atoms with Crippen LogP contribution in [0.25, 0.3) is 0 Å². The molecule has 128 valence electrons. The molecule has 0 aromatic heterocycles. The van der Waals surface area contributed by atoms with Crippen molar-refractivity contribution < 1.29 is 14.3 Å². The third kappa shape index (κ3) is 5.76. The number of carbonyl (C=O) groups is 2. The van der Waals surface area contributed by atoms with Gasteiger partial charge >= 0.3 is 5.97 Å². The van der Waals surface area contributed by atoms with Gasteiger partial charge in [0.2, 0.25) is 6.10 Å². The van der Waals surface area contributed by atoms with Crippen LogP contribution in [-0.4, -0.2) is 43.0 Å². The minimum absolute atomic E-state index is 0.182. The fourth-order valence-electron chi connectivity index (χ4n) is 2.21. The first-order valence-corrected chi connectivity index (χ1v) is 8.23. The molecule has 1 aromatic carbocycles. The average molecular weight is 339 g/mol. The Morgan fingerprint density at radius 1 is 1.22 bits per heavy atom. The molecule has 1 unspecified atom stereocenters. The van der Waals surface area contributed by atoms with Crippen LogP contribution in [0, 0.1) is 0 Å². The molecule has 0 saturated carbocycles. The van der Waals surface area contributed by atoms with E-state index in [1.54, 1.807) is 29.2 Å². The maximum atomic E-state index is 12.6. The quantitative estimate of drug-likeness (QED) is 0.578. The molecule has 0 radical (unpaired) electrons. The molecule has 1 saturated heterocycles. The van der Waals surface area contributed by atoms with Crippen molar-refractivity contribution >= 4 is 30.4 Å². The lowest BCUT2D eigenvalue weighted by atomic mass is 10.1. The van der Waals surface area contributed by atoms with E-state index in [1.807, 2.05) is 13.8 Å². The third-order valence-electron chi connectivity index (χ3n) is 3.28. The Hall–Kier alpha value is -1.73. The molecular weight excluding hydrogens is 314 g/mol. The van der Waals surface area contributed by atoms with Crippen LogP contribution in [0.4, 0.5) is 5.69 Å². The predicted molar refractivity (Wildman–Crippen MR) is 94.4 cm³/mol. The molecule has 1 aliphatic heterocycles. The van der Waals surface area contributed by atoms with Crippen molar-refractivity contribution in [2.45, 2.75) is 26.9 Å². The number of hydrogen-bond donors (Lipinski definition) is 3. The van der Waals surface area contributed by atoms with Crippen molar-refractivity contribution in [2.24, 2.45) is 0 Å². The molecule has 1 aromatic rings. The highest BCUT2D eigenvalue weighted by Crippen LogP contribution is 2.23. The van der Waals surface area contributed by atoms with E-state index in [2.05, 4.69) is 22.9 Å². The van der Waals surface area contributed by atoms with Gasteiger partial charge in [-0.05, 0) is 12.1 Å². The predicted octanol–water partition coefficient (Wildman–Crippen LogP) is 2.01. The first-order chi connectivity index (χ1) is 11.1. The number of anilines is 1. The van der Waals surface area contributed by atoms with Crippen LogP contribution in [0.15, 0.2) is 24.3 Å². The van der Waals surface area contributed by atoms with Crippen LogP contribution in [0.2, 0.25) is 0 Å². The zero-order valence-electron chi connectivity index (χ0n) is 13.8. The Labute approximate surface area is 143 Å². The van der Waals surface area contributed by atoms with Crippen molar-refractivity contribution in [3.8, 4) is 0 Å². The number of piperazine rings is 1. The number of carbonyl (C=O) groups excluding carboxylic acids is 2. The van der Waals surface area contributed by atoms with Crippen LogP contribution in [0.5, 0.6) is 0 Å². The lowest BCUT2D eigenvalue weighted by Gasteiger charge is -2.30. The molecule has 23 heavy (non-hydrogen) atoms. The maximum Gasteiger partial charge on any atom is 0.303 e. The molecule has 1 amide bonds. The SMILES string of the molecule is CC.CC(=O)OC(C(=O)N1CCNCC1)c1ccc(NS)cc1. The highest BCUT2D eigenvalue weighted by Gasteiger charge is 2.29. The number of ether oxygens (including phenoxy) is 1. The van der Waals surface area contributed by atoms with Crippen LogP contribution in [-0.2, 0) is 14.3 Å². The van der Waals surface area contributed by atoms with Gasteiger partial charge in [-0.15, -0.1) is 0 Å². The zero-order valence-corrected chi connectivity index (χ0v) is 14.7. The van der Waals surface area contributed by atoms with Crippen LogP contribution >= 0.6 is 12.8 Å². The normalized spacial score (nSPS) is 15.0. The second kappa shape index (κ2) is 10.1. The number of benzene rings is 1. The summed E-state index contributed by atoms with van der Waals surface area (Å²) >= 11 is 3.96. The lowest BCUT2D eigenvalue weighted by Crippen LogP contribution is -2.48. The van der Waals surface area contributed by atoms with E-state index in [9.17, 15) is 9.59 Å². The number of nitrogens with zero attached hydrogens (tertiary/aromatic N) is 1. The van der Waals surface area contributed by atoms with Gasteiger partial charge in [0.25, 0.3) is 5.91 Å². The van der Waals surface area contributed by atoms with Crippen molar-refractivity contribution in [3.63, 3.8) is 0 Å². The summed E-state index contributed by atoms with van der Waals surface area (Å²) in [5.74, 6) is -0.654. The van der Waals surface area contributed by atoms with Gasteiger partial charge < -0.3 is 19.7 Å². The smallest absolute Gasteiger partial charge is 0.303 e. The molecule has 1 fully saturated rings. The maximum absolute atomic E-state index is 12.6. The molecule has 2 rings (SSSR count). The van der Waals surface area contributed by atoms with E-state index in [1.165, 1.54) is 6.92 Å². The van der Waals surface area contributed by atoms with Gasteiger partial charge in [0.1, 0.15) is 0 Å². The third-order valence-corrected chi connectivity index (χ3v) is 3.54. The summed E-state index contributed by atoms with van der Waals surface area (Å²) in [4.78, 5) is 25.6. The Morgan fingerprint density at radius 3 is 2.26 bits per heavy atom. The first-order valence-electron chi connectivity index (χ1n) is 7.78. The van der Waals surface area contributed by atoms with E-state index >= 15 is 0 Å². The van der Waals surface area contributed by atoms with Crippen molar-refractivity contribution in [1.82, 2.24) is 10.2 Å². The second-order valence-electron chi connectivity index (χ2n) is 4.80. The number of hydrogen-bond acceptors (Lipinski definition) is 6. The zero-order chi connectivity index (χ0) is 17.2. The highest BCUT2D eigenvalue weighted by molar-refractivity contribution is 7.81. The van der Waals surface area contributed by atoms with Gasteiger partial charge in [0, 0.05) is 44.4 Å². The standard InChI is InChI=1S/C14H19N3O3S.C2H6/c1-10(18)20-13(11-2-4-12(16-21)5-3-11)14(19)17-8-6-15-7-9-17;1-2/h2-5,13,15-16,21H,6-9H2,1H3;1-2H3. The summed E-state index contributed by atoms with van der Waals surface area (Å²) in [6, 6.07) is 7.08. The van der Waals surface area contributed by atoms with Gasteiger partial charge in [-0.25, -0.2) is 0 Å². The molecule has 6 nitrogen and oxygen atoms in total. The molecule has 1 heterocycles. The van der Waals surface area contributed by atoms with E-state index < -0.39 is 12.1 Å². The molecule has 0 spiro atoms. The summed E-state index contributed by atoms with van der Waals surface area (Å²) in [6.45, 7) is 8.05. The van der Waals surface area contributed by atoms with E-state index in [4.69, 9.17) is 4.74 Å². The summed E-state index contributed by atoms with van der Waals surface area (Å²) in [7, 11) is 0. The molecular formula is C16H25N3O3S. The van der Waals surface area contributed by atoms with Gasteiger partial charge in [-0.2, -0.15) is 0 Å². The fraction of sp³-hybridized carbons (Fsp3) is 0.500. The largest absolute Gasteiger partial charge is 0.447 e. The highest BCUT2D eigenvalue weighted by atomic mass is 32.1. The number of nitrogens with one attached hydrogen (secondary N) is 2. The Balaban J connectivity index is 0.00000127. The first kappa shape index (κ1) is 19.3. The van der Waals surface area contributed by atoms with Gasteiger partial charge in [-0.3, -0.25) is 9.59 Å². The van der Waals surface area contributed by atoms with Crippen molar-refractivity contribution in [3.05, 3.63) is 29.8 Å². The van der Waals surface area contributed by atoms with Crippen LogP contribution in [0.1, 0.15) is 32.4 Å². The molecule has 7 heteroatoms. The van der Waals surface area contributed by atoms with Crippen LogP contribution in [0.3, 0.4) is 0 Å². The van der Waals surface area contributed by atoms with E-state index in [0.29, 0.717) is 18.7 Å². The summed E-state index contributed by atoms with van der Waals surface area (Å²) < 4.78 is 7.94. The molecule has 1 aliphatic rings. The monoisotopic (exact) mass is 339 g/mol. The van der Waals surface area contributed by atoms with Crippen molar-refractivity contribution in [2.75, 3.05) is 30.9 Å². The lowest BCUT2D eigenvalue weighted by molar-refractivity contribution is -0.159. The topological polar surface area (TPSA) is 70.7 Å². The number of thiol groups is 1. The molecule has 1 atom stereocenters. The molecule has 0 bridgehead atoms. The minimum atomic E-state index is -0.894. The number of rotatable bonds is 4. The number of esters is 1. The Kier molecular flexibility index (Phi) is 8.50. The summed E-state index contributed by atoms with van der Waals surface area (Å²) in [6.07, 6.45) is -0.894. The Morgan fingerprint density at radius 2 is 1.78 bits per heavy atom. The minimum Gasteiger partial charge on any atom is -0.447 e. The Bertz CT molecular complexity index is 502. The van der Waals surface area contributed by atoms with Crippen LogP contribution < -0.4 is 10.0 Å². The molecule has 0 aliphatic carbocycles. The second-order valence-corrected chi connectivity index (χ2v) is 5.02. The molecule has 2 N–H and O–H groups in total.